The molecule has 0 saturated heterocycles. The van der Waals surface area contributed by atoms with E-state index in [1.165, 1.54) is 25.2 Å². The molecule has 0 aliphatic rings. The lowest BCUT2D eigenvalue weighted by molar-refractivity contribution is -0.111. The van der Waals surface area contributed by atoms with E-state index in [1.54, 1.807) is 0 Å². The van der Waals surface area contributed by atoms with Crippen molar-refractivity contribution in [3.8, 4) is 11.3 Å². The summed E-state index contributed by atoms with van der Waals surface area (Å²) in [5.41, 5.74) is 2.11. The van der Waals surface area contributed by atoms with Crippen molar-refractivity contribution in [3.63, 3.8) is 0 Å². The molecule has 0 atom stereocenters. The molecule has 0 unspecified atom stereocenters. The van der Waals surface area contributed by atoms with Crippen LogP contribution in [0.25, 0.3) is 16.8 Å². The Morgan fingerprint density at radius 1 is 1.22 bits per heavy atom. The van der Waals surface area contributed by atoms with E-state index in [1.807, 2.05) is 35.7 Å². The molecule has 18 heavy (non-hydrogen) atoms. The van der Waals surface area contributed by atoms with Gasteiger partial charge in [-0.25, -0.2) is 4.98 Å². The number of thiazole rings is 1. The number of benzene rings is 1. The Balaban J connectivity index is 2.43. The van der Waals surface area contributed by atoms with Crippen molar-refractivity contribution in [3.05, 3.63) is 46.5 Å². The van der Waals surface area contributed by atoms with Gasteiger partial charge in [0.05, 0.1) is 11.3 Å². The van der Waals surface area contributed by atoms with Crippen molar-refractivity contribution in [2.24, 2.45) is 0 Å². The summed E-state index contributed by atoms with van der Waals surface area (Å²) in [4.78, 5) is 15.9. The summed E-state index contributed by atoms with van der Waals surface area (Å²) in [6.07, 6.45) is 0. The third-order valence-electron chi connectivity index (χ3n) is 2.50. The van der Waals surface area contributed by atoms with Gasteiger partial charge in [-0.05, 0) is 13.8 Å². The largest absolute Gasteiger partial charge is 0.512 e. The summed E-state index contributed by atoms with van der Waals surface area (Å²) in [5, 5.41) is 12.0. The van der Waals surface area contributed by atoms with Gasteiger partial charge in [-0.1, -0.05) is 30.3 Å². The third-order valence-corrected chi connectivity index (χ3v) is 3.36. The highest BCUT2D eigenvalue weighted by Gasteiger charge is 2.15. The van der Waals surface area contributed by atoms with Crippen molar-refractivity contribution < 1.29 is 9.90 Å². The van der Waals surface area contributed by atoms with Crippen LogP contribution in [-0.2, 0) is 4.79 Å². The number of Topliss-reactive ketones (excluding diaryl/α,β-unsaturated/α-hetero) is 1. The van der Waals surface area contributed by atoms with Gasteiger partial charge in [0.1, 0.15) is 10.8 Å². The van der Waals surface area contributed by atoms with Gasteiger partial charge in [-0.3, -0.25) is 4.79 Å². The molecule has 1 heterocycles. The van der Waals surface area contributed by atoms with Crippen LogP contribution in [-0.4, -0.2) is 15.9 Å². The van der Waals surface area contributed by atoms with Gasteiger partial charge < -0.3 is 5.11 Å². The number of aromatic nitrogens is 1. The number of aliphatic hydroxyl groups is 1. The van der Waals surface area contributed by atoms with E-state index >= 15 is 0 Å². The molecule has 92 valence electrons. The van der Waals surface area contributed by atoms with E-state index in [4.69, 9.17) is 0 Å². The minimum atomic E-state index is -0.177. The quantitative estimate of drug-likeness (QED) is 0.675. The average molecular weight is 259 g/mol. The Labute approximate surface area is 109 Å². The molecule has 0 radical (unpaired) electrons. The molecule has 1 N–H and O–H groups in total. The molecule has 0 spiro atoms. The number of hydrogen-bond donors (Lipinski definition) is 1. The molecule has 0 saturated carbocycles. The van der Waals surface area contributed by atoms with Crippen LogP contribution in [0.3, 0.4) is 0 Å². The van der Waals surface area contributed by atoms with Crippen LogP contribution in [0.4, 0.5) is 0 Å². The second kappa shape index (κ2) is 5.14. The summed E-state index contributed by atoms with van der Waals surface area (Å²) < 4.78 is 0. The van der Waals surface area contributed by atoms with Crippen molar-refractivity contribution in [2.75, 3.05) is 0 Å². The molecule has 0 bridgehead atoms. The summed E-state index contributed by atoms with van der Waals surface area (Å²) in [6.45, 7) is 2.93. The Morgan fingerprint density at radius 2 is 1.89 bits per heavy atom. The van der Waals surface area contributed by atoms with Crippen molar-refractivity contribution >= 4 is 22.7 Å². The minimum Gasteiger partial charge on any atom is -0.512 e. The van der Waals surface area contributed by atoms with Gasteiger partial charge in [-0.2, -0.15) is 0 Å². The van der Waals surface area contributed by atoms with Crippen LogP contribution < -0.4 is 0 Å². The molecule has 0 aliphatic heterocycles. The second-order valence-corrected chi connectivity index (χ2v) is 4.78. The van der Waals surface area contributed by atoms with Crippen LogP contribution >= 0.6 is 11.3 Å². The zero-order valence-corrected chi connectivity index (χ0v) is 11.0. The zero-order chi connectivity index (χ0) is 13.1. The van der Waals surface area contributed by atoms with Crippen LogP contribution in [0.2, 0.25) is 0 Å². The van der Waals surface area contributed by atoms with Gasteiger partial charge in [-0.15, -0.1) is 11.3 Å². The number of nitrogens with zero attached hydrogens (tertiary/aromatic N) is 1. The highest BCUT2D eigenvalue weighted by Crippen LogP contribution is 2.27. The number of rotatable bonds is 3. The fourth-order valence-electron chi connectivity index (χ4n) is 1.69. The smallest absolute Gasteiger partial charge is 0.166 e. The lowest BCUT2D eigenvalue weighted by Gasteiger charge is -2.00. The third kappa shape index (κ3) is 2.49. The van der Waals surface area contributed by atoms with Gasteiger partial charge >= 0.3 is 0 Å². The predicted molar refractivity (Wildman–Crippen MR) is 73.5 cm³/mol. The van der Waals surface area contributed by atoms with Crippen LogP contribution in [0.15, 0.2) is 41.5 Å². The van der Waals surface area contributed by atoms with Crippen LogP contribution in [0.5, 0.6) is 0 Å². The summed E-state index contributed by atoms with van der Waals surface area (Å²) in [7, 11) is 0. The van der Waals surface area contributed by atoms with E-state index in [-0.39, 0.29) is 11.5 Å². The number of carbonyl (C=O) groups excluding carboxylic acids is 1. The minimum absolute atomic E-state index is 0.0106. The number of carbonyl (C=O) groups is 1. The lowest BCUT2D eigenvalue weighted by Crippen LogP contribution is -1.98. The first-order chi connectivity index (χ1) is 8.59. The van der Waals surface area contributed by atoms with Crippen LogP contribution in [0.1, 0.15) is 18.9 Å². The molecule has 0 aliphatic carbocycles. The predicted octanol–water partition coefficient (Wildman–Crippen LogP) is 3.69. The molecule has 0 amide bonds. The van der Waals surface area contributed by atoms with Gasteiger partial charge in [0.15, 0.2) is 5.78 Å². The molecule has 0 fully saturated rings. The number of allylic oxidation sites excluding steroid dienone is 2. The van der Waals surface area contributed by atoms with Gasteiger partial charge in [0, 0.05) is 10.9 Å². The number of hydrogen-bond acceptors (Lipinski definition) is 4. The molecule has 3 nitrogen and oxygen atoms in total. The molecule has 1 aromatic carbocycles. The Bertz CT molecular complexity index is 595. The molecule has 1 aromatic heterocycles. The molecule has 2 rings (SSSR count). The molecular formula is C14H13NO2S. The maximum atomic E-state index is 11.5. The van der Waals surface area contributed by atoms with E-state index in [0.717, 1.165) is 11.3 Å². The standard InChI is InChI=1S/C14H13NO2S/c1-9(16)13(10(2)17)14-15-12(8-18-14)11-6-4-3-5-7-11/h3-8,16H,1-2H3. The Kier molecular flexibility index (Phi) is 3.58. The number of ketones is 1. The first-order valence-corrected chi connectivity index (χ1v) is 6.39. The first-order valence-electron chi connectivity index (χ1n) is 5.51. The fourth-order valence-corrected chi connectivity index (χ4v) is 2.66. The summed E-state index contributed by atoms with van der Waals surface area (Å²) in [6, 6.07) is 9.74. The maximum Gasteiger partial charge on any atom is 0.166 e. The van der Waals surface area contributed by atoms with Crippen LogP contribution in [0, 0.1) is 0 Å². The Hall–Kier alpha value is -1.94. The number of aliphatic hydroxyl groups excluding tert-OH is 1. The lowest BCUT2D eigenvalue weighted by atomic mass is 10.1. The normalized spacial score (nSPS) is 12.1. The van der Waals surface area contributed by atoms with E-state index in [0.29, 0.717) is 10.6 Å². The first kappa shape index (κ1) is 12.5. The Morgan fingerprint density at radius 3 is 2.44 bits per heavy atom. The van der Waals surface area contributed by atoms with E-state index in [2.05, 4.69) is 4.98 Å². The molecular weight excluding hydrogens is 246 g/mol. The molecule has 2 aromatic rings. The topological polar surface area (TPSA) is 50.2 Å². The average Bonchev–Trinajstić information content (AvgIpc) is 2.78. The monoisotopic (exact) mass is 259 g/mol. The van der Waals surface area contributed by atoms with Crippen molar-refractivity contribution in [1.82, 2.24) is 4.98 Å². The van der Waals surface area contributed by atoms with Gasteiger partial charge in [0.2, 0.25) is 0 Å². The van der Waals surface area contributed by atoms with Crippen molar-refractivity contribution in [1.29, 1.82) is 0 Å². The highest BCUT2D eigenvalue weighted by atomic mass is 32.1. The SMILES string of the molecule is CC(=O)C(=C(C)O)c1nc(-c2ccccc2)cs1. The summed E-state index contributed by atoms with van der Waals surface area (Å²) in [5.74, 6) is -0.166. The zero-order valence-electron chi connectivity index (χ0n) is 10.2. The van der Waals surface area contributed by atoms with E-state index < -0.39 is 0 Å². The summed E-state index contributed by atoms with van der Waals surface area (Å²) >= 11 is 1.36. The van der Waals surface area contributed by atoms with Gasteiger partial charge in [0.25, 0.3) is 0 Å². The fraction of sp³-hybridized carbons (Fsp3) is 0.143. The highest BCUT2D eigenvalue weighted by molar-refractivity contribution is 7.11. The maximum absolute atomic E-state index is 11.5. The van der Waals surface area contributed by atoms with Crippen molar-refractivity contribution in [2.45, 2.75) is 13.8 Å². The molecule has 4 heteroatoms. The van der Waals surface area contributed by atoms with E-state index in [9.17, 15) is 9.90 Å². The second-order valence-electron chi connectivity index (χ2n) is 3.92.